The van der Waals surface area contributed by atoms with Gasteiger partial charge in [0.25, 0.3) is 0 Å². The number of nitrogens with two attached hydrogens (primary N) is 1. The first-order chi connectivity index (χ1) is 9.61. The maximum atomic E-state index is 12.4. The van der Waals surface area contributed by atoms with Gasteiger partial charge < -0.3 is 15.8 Å². The van der Waals surface area contributed by atoms with Crippen LogP contribution in [0.1, 0.15) is 18.9 Å². The molecule has 0 spiro atoms. The van der Waals surface area contributed by atoms with Crippen LogP contribution in [0, 0.1) is 6.92 Å². The van der Waals surface area contributed by atoms with E-state index in [0.29, 0.717) is 18.9 Å². The maximum Gasteiger partial charge on any atom is 0.241 e. The van der Waals surface area contributed by atoms with E-state index in [0.717, 1.165) is 30.8 Å². The van der Waals surface area contributed by atoms with Crippen molar-refractivity contribution in [3.63, 3.8) is 0 Å². The molecule has 20 heavy (non-hydrogen) atoms. The number of nitrogen functional groups attached to an aromatic ring is 1. The molecule has 1 aromatic rings. The predicted octanol–water partition coefficient (Wildman–Crippen LogP) is 1.63. The monoisotopic (exact) mass is 277 g/mol. The minimum atomic E-state index is -0.110. The van der Waals surface area contributed by atoms with Gasteiger partial charge in [0.05, 0.1) is 19.3 Å². The fourth-order valence-corrected chi connectivity index (χ4v) is 2.44. The van der Waals surface area contributed by atoms with Crippen LogP contribution in [0.4, 0.5) is 11.4 Å². The van der Waals surface area contributed by atoms with Crippen LogP contribution >= 0.6 is 0 Å². The minimum Gasteiger partial charge on any atom is -0.398 e. The van der Waals surface area contributed by atoms with E-state index in [-0.39, 0.29) is 11.9 Å². The third kappa shape index (κ3) is 3.49. The molecular formula is C15H23N3O2. The first kappa shape index (κ1) is 14.8. The Morgan fingerprint density at radius 3 is 2.75 bits per heavy atom. The summed E-state index contributed by atoms with van der Waals surface area (Å²) < 4.78 is 5.33. The molecule has 1 saturated heterocycles. The van der Waals surface area contributed by atoms with Crippen LogP contribution < -0.4 is 11.1 Å². The Labute approximate surface area is 120 Å². The highest BCUT2D eigenvalue weighted by atomic mass is 16.5. The summed E-state index contributed by atoms with van der Waals surface area (Å²) >= 11 is 0. The first-order valence-corrected chi connectivity index (χ1v) is 7.10. The Morgan fingerprint density at radius 1 is 1.45 bits per heavy atom. The lowest BCUT2D eigenvalue weighted by Gasteiger charge is -2.32. The zero-order valence-corrected chi connectivity index (χ0v) is 12.2. The van der Waals surface area contributed by atoms with E-state index < -0.39 is 0 Å². The van der Waals surface area contributed by atoms with E-state index in [1.165, 1.54) is 0 Å². The standard InChI is InChI=1S/C15H23N3O2/c1-3-14(18-6-8-20-9-7-18)15(19)17-12-5-4-11(2)13(16)10-12/h4-5,10,14H,3,6-9,16H2,1-2H3,(H,17,19). The number of nitrogens with one attached hydrogen (secondary N) is 1. The van der Waals surface area contributed by atoms with Crippen LogP contribution in [0.5, 0.6) is 0 Å². The van der Waals surface area contributed by atoms with Crippen molar-refractivity contribution in [2.24, 2.45) is 0 Å². The second kappa shape index (κ2) is 6.72. The number of benzene rings is 1. The second-order valence-electron chi connectivity index (χ2n) is 5.13. The molecule has 0 aromatic heterocycles. The Balaban J connectivity index is 2.02. The quantitative estimate of drug-likeness (QED) is 0.821. The number of nitrogens with zero attached hydrogens (tertiary/aromatic N) is 1. The lowest BCUT2D eigenvalue weighted by Crippen LogP contribution is -2.48. The number of rotatable bonds is 4. The molecule has 1 atom stereocenters. The van der Waals surface area contributed by atoms with Gasteiger partial charge in [-0.1, -0.05) is 13.0 Å². The largest absolute Gasteiger partial charge is 0.398 e. The minimum absolute atomic E-state index is 0.0256. The number of carbonyl (C=O) groups is 1. The summed E-state index contributed by atoms with van der Waals surface area (Å²) in [6, 6.07) is 5.50. The fourth-order valence-electron chi connectivity index (χ4n) is 2.44. The molecule has 1 unspecified atom stereocenters. The Morgan fingerprint density at radius 2 is 2.15 bits per heavy atom. The molecule has 1 aromatic carbocycles. The highest BCUT2D eigenvalue weighted by Gasteiger charge is 2.25. The van der Waals surface area contributed by atoms with Crippen LogP contribution in [0.3, 0.4) is 0 Å². The van der Waals surface area contributed by atoms with E-state index in [1.807, 2.05) is 26.0 Å². The summed E-state index contributed by atoms with van der Waals surface area (Å²) in [5, 5.41) is 2.96. The average Bonchev–Trinajstić information content (AvgIpc) is 2.45. The topological polar surface area (TPSA) is 67.6 Å². The number of anilines is 2. The number of hydrogen-bond acceptors (Lipinski definition) is 4. The van der Waals surface area contributed by atoms with Crippen molar-refractivity contribution in [3.8, 4) is 0 Å². The summed E-state index contributed by atoms with van der Waals surface area (Å²) in [5.41, 5.74) is 8.34. The van der Waals surface area contributed by atoms with Crippen LogP contribution in [0.2, 0.25) is 0 Å². The van der Waals surface area contributed by atoms with Crippen molar-refractivity contribution in [2.45, 2.75) is 26.3 Å². The van der Waals surface area contributed by atoms with Gasteiger partial charge in [-0.25, -0.2) is 0 Å². The highest BCUT2D eigenvalue weighted by molar-refractivity contribution is 5.95. The van der Waals surface area contributed by atoms with Gasteiger partial charge in [-0.15, -0.1) is 0 Å². The third-order valence-electron chi connectivity index (χ3n) is 3.72. The number of aryl methyl sites for hydroxylation is 1. The molecule has 1 aliphatic heterocycles. The summed E-state index contributed by atoms with van der Waals surface area (Å²) in [7, 11) is 0. The van der Waals surface area contributed by atoms with Gasteiger partial charge in [0, 0.05) is 24.5 Å². The van der Waals surface area contributed by atoms with Crippen molar-refractivity contribution in [2.75, 3.05) is 37.4 Å². The molecule has 1 fully saturated rings. The smallest absolute Gasteiger partial charge is 0.241 e. The lowest BCUT2D eigenvalue weighted by molar-refractivity contribution is -0.123. The Bertz CT molecular complexity index is 470. The molecule has 2 rings (SSSR count). The van der Waals surface area contributed by atoms with Crippen molar-refractivity contribution in [1.29, 1.82) is 0 Å². The van der Waals surface area contributed by atoms with Gasteiger partial charge in [0.1, 0.15) is 0 Å². The number of hydrogen-bond donors (Lipinski definition) is 2. The number of amides is 1. The van der Waals surface area contributed by atoms with Crippen molar-refractivity contribution < 1.29 is 9.53 Å². The molecule has 110 valence electrons. The van der Waals surface area contributed by atoms with Gasteiger partial charge >= 0.3 is 0 Å². The van der Waals surface area contributed by atoms with Gasteiger partial charge in [-0.3, -0.25) is 9.69 Å². The molecule has 0 aliphatic carbocycles. The summed E-state index contributed by atoms with van der Waals surface area (Å²) in [6.45, 7) is 6.99. The van der Waals surface area contributed by atoms with E-state index in [1.54, 1.807) is 6.07 Å². The molecule has 1 amide bonds. The van der Waals surface area contributed by atoms with Crippen LogP contribution in [-0.4, -0.2) is 43.2 Å². The molecule has 0 bridgehead atoms. The predicted molar refractivity (Wildman–Crippen MR) is 80.7 cm³/mol. The van der Waals surface area contributed by atoms with E-state index in [2.05, 4.69) is 10.2 Å². The molecule has 1 aliphatic rings. The van der Waals surface area contributed by atoms with E-state index >= 15 is 0 Å². The number of carbonyl (C=O) groups excluding carboxylic acids is 1. The fraction of sp³-hybridized carbons (Fsp3) is 0.533. The van der Waals surface area contributed by atoms with E-state index in [9.17, 15) is 4.79 Å². The molecule has 1 heterocycles. The summed E-state index contributed by atoms with van der Waals surface area (Å²) in [4.78, 5) is 14.6. The molecule has 5 heteroatoms. The van der Waals surface area contributed by atoms with Crippen molar-refractivity contribution in [3.05, 3.63) is 23.8 Å². The molecule has 0 saturated carbocycles. The highest BCUT2D eigenvalue weighted by Crippen LogP contribution is 2.18. The van der Waals surface area contributed by atoms with E-state index in [4.69, 9.17) is 10.5 Å². The molecule has 3 N–H and O–H groups in total. The lowest BCUT2D eigenvalue weighted by atomic mass is 10.1. The first-order valence-electron chi connectivity index (χ1n) is 7.10. The SMILES string of the molecule is CCC(C(=O)Nc1ccc(C)c(N)c1)N1CCOCC1. The molecule has 5 nitrogen and oxygen atoms in total. The van der Waals surface area contributed by atoms with Crippen molar-refractivity contribution in [1.82, 2.24) is 4.90 Å². The maximum absolute atomic E-state index is 12.4. The zero-order chi connectivity index (χ0) is 14.5. The van der Waals surface area contributed by atoms with Gasteiger partial charge in [-0.05, 0) is 31.0 Å². The zero-order valence-electron chi connectivity index (χ0n) is 12.2. The molecule has 0 radical (unpaired) electrons. The van der Waals surface area contributed by atoms with Crippen LogP contribution in [0.25, 0.3) is 0 Å². The second-order valence-corrected chi connectivity index (χ2v) is 5.13. The number of ether oxygens (including phenoxy) is 1. The Hall–Kier alpha value is -1.59. The molecular weight excluding hydrogens is 254 g/mol. The van der Waals surface area contributed by atoms with Gasteiger partial charge in [-0.2, -0.15) is 0 Å². The van der Waals surface area contributed by atoms with Crippen LogP contribution in [0.15, 0.2) is 18.2 Å². The Kier molecular flexibility index (Phi) is 4.98. The third-order valence-corrected chi connectivity index (χ3v) is 3.72. The average molecular weight is 277 g/mol. The summed E-state index contributed by atoms with van der Waals surface area (Å²) in [5.74, 6) is 0.0256. The van der Waals surface area contributed by atoms with Crippen molar-refractivity contribution >= 4 is 17.3 Å². The van der Waals surface area contributed by atoms with Gasteiger partial charge in [0.2, 0.25) is 5.91 Å². The summed E-state index contributed by atoms with van der Waals surface area (Å²) in [6.07, 6.45) is 0.785. The van der Waals surface area contributed by atoms with Crippen LogP contribution in [-0.2, 0) is 9.53 Å². The number of morpholine rings is 1. The normalized spacial score (nSPS) is 17.7. The van der Waals surface area contributed by atoms with Gasteiger partial charge in [0.15, 0.2) is 0 Å².